The molecule has 27 heavy (non-hydrogen) atoms. The molecule has 0 bridgehead atoms. The normalized spacial score (nSPS) is 11.9. The minimum absolute atomic E-state index is 0.766. The molecular weight excluding hydrogens is 348 g/mol. The van der Waals surface area contributed by atoms with E-state index in [1.165, 1.54) is 50.1 Å². The van der Waals surface area contributed by atoms with Crippen LogP contribution in [0.1, 0.15) is 16.7 Å². The zero-order valence-electron chi connectivity index (χ0n) is 15.2. The third-order valence-electron chi connectivity index (χ3n) is 5.45. The van der Waals surface area contributed by atoms with Gasteiger partial charge in [0.25, 0.3) is 0 Å². The van der Waals surface area contributed by atoms with Crippen molar-refractivity contribution in [3.05, 3.63) is 107 Å². The predicted molar refractivity (Wildman–Crippen MR) is 115 cm³/mol. The van der Waals surface area contributed by atoms with Gasteiger partial charge in [-0.3, -0.25) is 0 Å². The van der Waals surface area contributed by atoms with Gasteiger partial charge in [-0.2, -0.15) is 0 Å². The molecule has 0 saturated heterocycles. The molecule has 0 nitrogen and oxygen atoms in total. The van der Waals surface area contributed by atoms with Crippen LogP contribution >= 0.6 is 11.6 Å². The van der Waals surface area contributed by atoms with Gasteiger partial charge in [0.15, 0.2) is 0 Å². The van der Waals surface area contributed by atoms with Crippen molar-refractivity contribution in [2.45, 2.75) is 13.3 Å². The van der Waals surface area contributed by atoms with E-state index in [4.69, 9.17) is 11.6 Å². The molecule has 4 aromatic carbocycles. The van der Waals surface area contributed by atoms with Gasteiger partial charge in [-0.05, 0) is 82.1 Å². The van der Waals surface area contributed by atoms with Gasteiger partial charge in [0.1, 0.15) is 0 Å². The van der Waals surface area contributed by atoms with Crippen LogP contribution < -0.4 is 0 Å². The highest BCUT2D eigenvalue weighted by atomic mass is 35.5. The highest BCUT2D eigenvalue weighted by molar-refractivity contribution is 6.30. The fourth-order valence-electron chi connectivity index (χ4n) is 4.02. The fraction of sp³-hybridized carbons (Fsp3) is 0.0769. The second-order valence-corrected chi connectivity index (χ2v) is 7.70. The third-order valence-corrected chi connectivity index (χ3v) is 5.70. The maximum absolute atomic E-state index is 6.13. The molecule has 0 spiro atoms. The Kier molecular flexibility index (Phi) is 3.88. The molecule has 1 aliphatic rings. The van der Waals surface area contributed by atoms with Crippen LogP contribution in [0.5, 0.6) is 0 Å². The maximum atomic E-state index is 6.13. The first kappa shape index (κ1) is 16.4. The topological polar surface area (TPSA) is 0 Å². The van der Waals surface area contributed by atoms with Crippen molar-refractivity contribution in [1.29, 1.82) is 0 Å². The molecule has 0 saturated carbocycles. The van der Waals surface area contributed by atoms with Crippen LogP contribution in [0, 0.1) is 6.92 Å². The van der Waals surface area contributed by atoms with Crippen LogP contribution in [-0.4, -0.2) is 0 Å². The van der Waals surface area contributed by atoms with E-state index in [1.54, 1.807) is 0 Å². The molecule has 0 heterocycles. The lowest BCUT2D eigenvalue weighted by Crippen LogP contribution is -1.90. The fourth-order valence-corrected chi connectivity index (χ4v) is 4.15. The third kappa shape index (κ3) is 2.87. The van der Waals surface area contributed by atoms with E-state index in [-0.39, 0.29) is 0 Å². The number of halogens is 1. The van der Waals surface area contributed by atoms with Gasteiger partial charge in [0, 0.05) is 5.02 Å². The van der Waals surface area contributed by atoms with Crippen molar-refractivity contribution in [3.8, 4) is 33.4 Å². The lowest BCUT2D eigenvalue weighted by atomic mass is 9.90. The molecule has 1 heteroatoms. The predicted octanol–water partition coefficient (Wildman–Crippen LogP) is 7.55. The zero-order chi connectivity index (χ0) is 18.4. The lowest BCUT2D eigenvalue weighted by molar-refractivity contribution is 1.26. The standard InChI is InChI=1S/C26H19Cl/c1-17-6-8-18(9-7-17)24-15-21-14-20-4-2-3-5-23(20)26(21)16-25(24)19-10-12-22(27)13-11-19/h2-13,15-16H,14H2,1H3. The highest BCUT2D eigenvalue weighted by Crippen LogP contribution is 2.43. The molecule has 0 aliphatic heterocycles. The Hall–Kier alpha value is -2.83. The van der Waals surface area contributed by atoms with E-state index >= 15 is 0 Å². The van der Waals surface area contributed by atoms with Crippen LogP contribution in [0.15, 0.2) is 84.9 Å². The summed E-state index contributed by atoms with van der Waals surface area (Å²) in [5.74, 6) is 0. The zero-order valence-corrected chi connectivity index (χ0v) is 15.9. The smallest absolute Gasteiger partial charge is 0.0406 e. The Morgan fingerprint density at radius 1 is 0.593 bits per heavy atom. The summed E-state index contributed by atoms with van der Waals surface area (Å²) in [6.07, 6.45) is 1.01. The Morgan fingerprint density at radius 2 is 1.22 bits per heavy atom. The van der Waals surface area contributed by atoms with Gasteiger partial charge in [0.2, 0.25) is 0 Å². The van der Waals surface area contributed by atoms with Crippen LogP contribution in [0.25, 0.3) is 33.4 Å². The summed E-state index contributed by atoms with van der Waals surface area (Å²) in [4.78, 5) is 0. The summed E-state index contributed by atoms with van der Waals surface area (Å²) in [6, 6.07) is 30.4. The summed E-state index contributed by atoms with van der Waals surface area (Å²) in [5, 5.41) is 0.766. The highest BCUT2D eigenvalue weighted by Gasteiger charge is 2.21. The first-order valence-corrected chi connectivity index (χ1v) is 9.65. The van der Waals surface area contributed by atoms with Crippen molar-refractivity contribution in [1.82, 2.24) is 0 Å². The second-order valence-electron chi connectivity index (χ2n) is 7.26. The monoisotopic (exact) mass is 366 g/mol. The Balaban J connectivity index is 1.76. The summed E-state index contributed by atoms with van der Waals surface area (Å²) in [7, 11) is 0. The van der Waals surface area contributed by atoms with Gasteiger partial charge < -0.3 is 0 Å². The van der Waals surface area contributed by atoms with Crippen molar-refractivity contribution in [3.63, 3.8) is 0 Å². The van der Waals surface area contributed by atoms with E-state index in [0.717, 1.165) is 11.4 Å². The molecule has 4 aromatic rings. The number of rotatable bonds is 2. The average molecular weight is 367 g/mol. The van der Waals surface area contributed by atoms with E-state index < -0.39 is 0 Å². The molecule has 0 amide bonds. The van der Waals surface area contributed by atoms with Crippen molar-refractivity contribution >= 4 is 11.6 Å². The van der Waals surface area contributed by atoms with E-state index in [0.29, 0.717) is 0 Å². The number of fused-ring (bicyclic) bond motifs is 3. The Morgan fingerprint density at radius 3 is 1.96 bits per heavy atom. The summed E-state index contributed by atoms with van der Waals surface area (Å²) >= 11 is 6.13. The molecular formula is C26H19Cl. The van der Waals surface area contributed by atoms with Gasteiger partial charge in [-0.25, -0.2) is 0 Å². The van der Waals surface area contributed by atoms with Crippen molar-refractivity contribution < 1.29 is 0 Å². The van der Waals surface area contributed by atoms with Gasteiger partial charge >= 0.3 is 0 Å². The number of benzene rings is 4. The Bertz CT molecular complexity index is 1140. The molecule has 5 rings (SSSR count). The first-order chi connectivity index (χ1) is 13.2. The van der Waals surface area contributed by atoms with E-state index in [1.807, 2.05) is 12.1 Å². The molecule has 0 N–H and O–H groups in total. The van der Waals surface area contributed by atoms with Crippen LogP contribution in [0.3, 0.4) is 0 Å². The molecule has 0 radical (unpaired) electrons. The van der Waals surface area contributed by atoms with E-state index in [2.05, 4.69) is 79.7 Å². The SMILES string of the molecule is Cc1ccc(-c2cc3c(cc2-c2ccc(Cl)cc2)-c2ccccc2C3)cc1. The molecule has 130 valence electrons. The summed E-state index contributed by atoms with van der Waals surface area (Å²) in [6.45, 7) is 2.13. The average Bonchev–Trinajstić information content (AvgIpc) is 3.06. The van der Waals surface area contributed by atoms with Gasteiger partial charge in [-0.15, -0.1) is 0 Å². The largest absolute Gasteiger partial charge is 0.0843 e. The number of aryl methyl sites for hydroxylation is 1. The van der Waals surface area contributed by atoms with Crippen LogP contribution in [0.4, 0.5) is 0 Å². The first-order valence-electron chi connectivity index (χ1n) is 9.27. The quantitative estimate of drug-likeness (QED) is 0.302. The Labute approximate surface area is 165 Å². The molecule has 0 atom stereocenters. The van der Waals surface area contributed by atoms with Crippen LogP contribution in [-0.2, 0) is 6.42 Å². The van der Waals surface area contributed by atoms with Crippen molar-refractivity contribution in [2.24, 2.45) is 0 Å². The molecule has 0 aromatic heterocycles. The lowest BCUT2D eigenvalue weighted by Gasteiger charge is -2.14. The minimum atomic E-state index is 0.766. The van der Waals surface area contributed by atoms with Gasteiger partial charge in [-0.1, -0.05) is 77.8 Å². The number of hydrogen-bond donors (Lipinski definition) is 0. The summed E-state index contributed by atoms with van der Waals surface area (Å²) < 4.78 is 0. The van der Waals surface area contributed by atoms with E-state index in [9.17, 15) is 0 Å². The number of hydrogen-bond acceptors (Lipinski definition) is 0. The summed E-state index contributed by atoms with van der Waals surface area (Å²) in [5.41, 5.74) is 11.8. The maximum Gasteiger partial charge on any atom is 0.0406 e. The second kappa shape index (κ2) is 6.40. The molecule has 1 aliphatic carbocycles. The molecule has 0 unspecified atom stereocenters. The van der Waals surface area contributed by atoms with Gasteiger partial charge in [0.05, 0.1) is 0 Å². The molecule has 0 fully saturated rings. The van der Waals surface area contributed by atoms with Crippen LogP contribution in [0.2, 0.25) is 5.02 Å². The van der Waals surface area contributed by atoms with Crippen molar-refractivity contribution in [2.75, 3.05) is 0 Å². The minimum Gasteiger partial charge on any atom is -0.0843 e.